The van der Waals surface area contributed by atoms with Crippen molar-refractivity contribution in [3.63, 3.8) is 0 Å². The lowest BCUT2D eigenvalue weighted by Crippen LogP contribution is -2.64. The number of hydrogen-bond donors (Lipinski definition) is 1. The number of nitrogens with one attached hydrogen (secondary N) is 1. The summed E-state index contributed by atoms with van der Waals surface area (Å²) in [7, 11) is 0. The van der Waals surface area contributed by atoms with Gasteiger partial charge in [0.05, 0.1) is 6.54 Å². The SMILES string of the molecule is CSC1CCCC(N2CC(=O)NC(C(C)(C)C)C2=O)C1. The van der Waals surface area contributed by atoms with Crippen LogP contribution in [0.3, 0.4) is 0 Å². The van der Waals surface area contributed by atoms with E-state index in [0.717, 1.165) is 19.3 Å². The first-order chi connectivity index (χ1) is 9.32. The maximum absolute atomic E-state index is 12.7. The van der Waals surface area contributed by atoms with E-state index in [9.17, 15) is 9.59 Å². The van der Waals surface area contributed by atoms with Gasteiger partial charge in [-0.1, -0.05) is 27.2 Å². The van der Waals surface area contributed by atoms with E-state index in [1.807, 2.05) is 37.4 Å². The van der Waals surface area contributed by atoms with Gasteiger partial charge in [0.1, 0.15) is 6.04 Å². The highest BCUT2D eigenvalue weighted by molar-refractivity contribution is 7.99. The van der Waals surface area contributed by atoms with E-state index in [1.54, 1.807) is 0 Å². The summed E-state index contributed by atoms with van der Waals surface area (Å²) < 4.78 is 0. The standard InChI is InChI=1S/C15H26N2O2S/c1-15(2,3)13-14(19)17(9-12(18)16-13)10-6-5-7-11(8-10)20-4/h10-11,13H,5-9H2,1-4H3,(H,16,18). The molecule has 0 spiro atoms. The molecule has 0 aromatic carbocycles. The maximum atomic E-state index is 12.7. The van der Waals surface area contributed by atoms with Crippen LogP contribution in [0, 0.1) is 5.41 Å². The van der Waals surface area contributed by atoms with Gasteiger partial charge in [0.25, 0.3) is 0 Å². The molecule has 1 saturated carbocycles. The third kappa shape index (κ3) is 3.30. The summed E-state index contributed by atoms with van der Waals surface area (Å²) in [6.45, 7) is 6.25. The molecular formula is C15H26N2O2S. The monoisotopic (exact) mass is 298 g/mol. The summed E-state index contributed by atoms with van der Waals surface area (Å²) in [5, 5.41) is 3.49. The first-order valence-corrected chi connectivity index (χ1v) is 8.74. The van der Waals surface area contributed by atoms with Crippen LogP contribution < -0.4 is 5.32 Å². The molecule has 0 aromatic rings. The molecule has 0 bridgehead atoms. The lowest BCUT2D eigenvalue weighted by Gasteiger charge is -2.44. The predicted octanol–water partition coefficient (Wildman–Crippen LogP) is 2.03. The molecular weight excluding hydrogens is 272 g/mol. The van der Waals surface area contributed by atoms with Crippen LogP contribution in [0.5, 0.6) is 0 Å². The molecule has 0 radical (unpaired) electrons. The van der Waals surface area contributed by atoms with Crippen molar-refractivity contribution in [2.24, 2.45) is 5.41 Å². The van der Waals surface area contributed by atoms with Gasteiger partial charge < -0.3 is 10.2 Å². The van der Waals surface area contributed by atoms with Crippen LogP contribution in [0.2, 0.25) is 0 Å². The fourth-order valence-corrected chi connectivity index (χ4v) is 4.00. The summed E-state index contributed by atoms with van der Waals surface area (Å²) in [5.74, 6) is 0.0830. The Morgan fingerprint density at radius 1 is 1.25 bits per heavy atom. The molecule has 1 heterocycles. The van der Waals surface area contributed by atoms with Gasteiger partial charge in [-0.05, 0) is 30.9 Å². The van der Waals surface area contributed by atoms with Gasteiger partial charge in [0.2, 0.25) is 11.8 Å². The second kappa shape index (κ2) is 5.96. The molecule has 2 fully saturated rings. The van der Waals surface area contributed by atoms with E-state index in [2.05, 4.69) is 11.6 Å². The van der Waals surface area contributed by atoms with Gasteiger partial charge in [0.15, 0.2) is 0 Å². The summed E-state index contributed by atoms with van der Waals surface area (Å²) >= 11 is 1.88. The highest BCUT2D eigenvalue weighted by Crippen LogP contribution is 2.32. The molecule has 3 atom stereocenters. The molecule has 1 aliphatic carbocycles. The maximum Gasteiger partial charge on any atom is 0.246 e. The van der Waals surface area contributed by atoms with Crippen LogP contribution in [-0.4, -0.2) is 46.8 Å². The second-order valence-electron chi connectivity index (χ2n) is 7.01. The molecule has 2 rings (SSSR count). The molecule has 0 aromatic heterocycles. The van der Waals surface area contributed by atoms with Crippen molar-refractivity contribution in [2.75, 3.05) is 12.8 Å². The van der Waals surface area contributed by atoms with Gasteiger partial charge in [-0.3, -0.25) is 9.59 Å². The quantitative estimate of drug-likeness (QED) is 0.848. The molecule has 1 aliphatic heterocycles. The van der Waals surface area contributed by atoms with Gasteiger partial charge >= 0.3 is 0 Å². The third-order valence-electron chi connectivity index (χ3n) is 4.39. The average Bonchev–Trinajstić information content (AvgIpc) is 2.40. The summed E-state index contributed by atoms with van der Waals surface area (Å²) in [4.78, 5) is 26.5. The Morgan fingerprint density at radius 2 is 1.95 bits per heavy atom. The Bertz CT molecular complexity index is 392. The number of carbonyl (C=O) groups is 2. The number of rotatable bonds is 2. The largest absolute Gasteiger partial charge is 0.342 e. The van der Waals surface area contributed by atoms with Crippen molar-refractivity contribution in [3.8, 4) is 0 Å². The van der Waals surface area contributed by atoms with Crippen molar-refractivity contribution < 1.29 is 9.59 Å². The van der Waals surface area contributed by atoms with Crippen molar-refractivity contribution in [1.82, 2.24) is 10.2 Å². The van der Waals surface area contributed by atoms with Crippen LogP contribution in [0.25, 0.3) is 0 Å². The smallest absolute Gasteiger partial charge is 0.246 e. The van der Waals surface area contributed by atoms with Gasteiger partial charge in [-0.2, -0.15) is 11.8 Å². The molecule has 20 heavy (non-hydrogen) atoms. The van der Waals surface area contributed by atoms with E-state index < -0.39 is 6.04 Å². The molecule has 4 nitrogen and oxygen atoms in total. The fraction of sp³-hybridized carbons (Fsp3) is 0.867. The van der Waals surface area contributed by atoms with Crippen LogP contribution in [-0.2, 0) is 9.59 Å². The average molecular weight is 298 g/mol. The molecule has 1 N–H and O–H groups in total. The van der Waals surface area contributed by atoms with E-state index in [4.69, 9.17) is 0 Å². The van der Waals surface area contributed by atoms with Crippen molar-refractivity contribution in [2.45, 2.75) is 63.8 Å². The third-order valence-corrected chi connectivity index (χ3v) is 5.48. The van der Waals surface area contributed by atoms with Crippen LogP contribution in [0.15, 0.2) is 0 Å². The summed E-state index contributed by atoms with van der Waals surface area (Å²) in [6, 6.07) is -0.150. The number of hydrogen-bond acceptors (Lipinski definition) is 3. The Morgan fingerprint density at radius 3 is 2.55 bits per heavy atom. The number of carbonyl (C=O) groups excluding carboxylic acids is 2. The zero-order valence-corrected chi connectivity index (χ0v) is 13.8. The Kier molecular flexibility index (Phi) is 4.67. The van der Waals surface area contributed by atoms with E-state index in [-0.39, 0.29) is 29.8 Å². The lowest BCUT2D eigenvalue weighted by atomic mass is 9.83. The van der Waals surface area contributed by atoms with Crippen LogP contribution in [0.4, 0.5) is 0 Å². The second-order valence-corrected chi connectivity index (χ2v) is 8.15. The first-order valence-electron chi connectivity index (χ1n) is 7.45. The minimum atomic E-state index is -0.390. The van der Waals surface area contributed by atoms with Gasteiger partial charge in [-0.25, -0.2) is 0 Å². The van der Waals surface area contributed by atoms with Crippen molar-refractivity contribution in [1.29, 1.82) is 0 Å². The number of nitrogens with zero attached hydrogens (tertiary/aromatic N) is 1. The Balaban J connectivity index is 2.13. The molecule has 1 saturated heterocycles. The highest BCUT2D eigenvalue weighted by atomic mass is 32.2. The summed E-state index contributed by atoms with van der Waals surface area (Å²) in [6.07, 6.45) is 6.58. The number of thioether (sulfide) groups is 1. The zero-order valence-electron chi connectivity index (χ0n) is 12.9. The topological polar surface area (TPSA) is 49.4 Å². The van der Waals surface area contributed by atoms with E-state index in [1.165, 1.54) is 6.42 Å². The minimum absolute atomic E-state index is 0.0178. The Labute approximate surface area is 126 Å². The number of amides is 2. The van der Waals surface area contributed by atoms with Crippen molar-refractivity contribution >= 4 is 23.6 Å². The predicted molar refractivity (Wildman–Crippen MR) is 82.7 cm³/mol. The fourth-order valence-electron chi connectivity index (χ4n) is 3.18. The highest BCUT2D eigenvalue weighted by Gasteiger charge is 2.43. The lowest BCUT2D eigenvalue weighted by molar-refractivity contribution is -0.150. The first kappa shape index (κ1) is 15.7. The minimum Gasteiger partial charge on any atom is -0.342 e. The van der Waals surface area contributed by atoms with Crippen LogP contribution in [0.1, 0.15) is 46.5 Å². The summed E-state index contributed by atoms with van der Waals surface area (Å²) in [5.41, 5.74) is -0.237. The van der Waals surface area contributed by atoms with Gasteiger partial charge in [0, 0.05) is 11.3 Å². The van der Waals surface area contributed by atoms with E-state index in [0.29, 0.717) is 5.25 Å². The molecule has 3 unspecified atom stereocenters. The van der Waals surface area contributed by atoms with Gasteiger partial charge in [-0.15, -0.1) is 0 Å². The number of piperazine rings is 1. The Hall–Kier alpha value is -0.710. The molecule has 5 heteroatoms. The normalized spacial score (nSPS) is 32.2. The molecule has 2 amide bonds. The van der Waals surface area contributed by atoms with E-state index >= 15 is 0 Å². The molecule has 2 aliphatic rings. The van der Waals surface area contributed by atoms with Crippen molar-refractivity contribution in [3.05, 3.63) is 0 Å². The van der Waals surface area contributed by atoms with Crippen LogP contribution >= 0.6 is 11.8 Å². The molecule has 114 valence electrons. The zero-order chi connectivity index (χ0) is 14.9.